The third-order valence-corrected chi connectivity index (χ3v) is 4.09. The molecule has 108 valence electrons. The summed E-state index contributed by atoms with van der Waals surface area (Å²) in [6.45, 7) is 1.96. The van der Waals surface area contributed by atoms with Gasteiger partial charge in [-0.15, -0.1) is 11.3 Å². The fourth-order valence-corrected chi connectivity index (χ4v) is 2.98. The lowest BCUT2D eigenvalue weighted by molar-refractivity contribution is 0.632. The molecule has 0 bridgehead atoms. The molecule has 0 saturated carbocycles. The van der Waals surface area contributed by atoms with Crippen LogP contribution < -0.4 is 16.6 Å². The van der Waals surface area contributed by atoms with Gasteiger partial charge < -0.3 is 5.32 Å². The van der Waals surface area contributed by atoms with Crippen molar-refractivity contribution in [3.8, 4) is 0 Å². The zero-order chi connectivity index (χ0) is 15.0. The Bertz CT molecular complexity index is 820. The molecule has 8 heteroatoms. The van der Waals surface area contributed by atoms with Crippen LogP contribution in [0.3, 0.4) is 0 Å². The van der Waals surface area contributed by atoms with E-state index in [-0.39, 0.29) is 16.7 Å². The van der Waals surface area contributed by atoms with Gasteiger partial charge in [-0.25, -0.2) is 15.2 Å². The molecule has 2 aromatic heterocycles. The van der Waals surface area contributed by atoms with Gasteiger partial charge >= 0.3 is 0 Å². The van der Waals surface area contributed by atoms with Crippen molar-refractivity contribution in [3.63, 3.8) is 0 Å². The van der Waals surface area contributed by atoms with Gasteiger partial charge in [0.2, 0.25) is 5.95 Å². The summed E-state index contributed by atoms with van der Waals surface area (Å²) >= 11 is 7.29. The number of hydrazine groups is 1. The van der Waals surface area contributed by atoms with E-state index in [1.807, 2.05) is 13.0 Å². The fraction of sp³-hybridized carbons (Fsp3) is 0.0769. The van der Waals surface area contributed by atoms with E-state index in [1.165, 1.54) is 17.4 Å². The summed E-state index contributed by atoms with van der Waals surface area (Å²) in [7, 11) is 0. The Hall–Kier alpha value is -1.96. The van der Waals surface area contributed by atoms with Crippen LogP contribution in [0, 0.1) is 12.7 Å². The number of rotatable bonds is 3. The molecule has 0 aliphatic carbocycles. The van der Waals surface area contributed by atoms with Gasteiger partial charge in [-0.1, -0.05) is 17.7 Å². The number of benzene rings is 1. The molecule has 0 saturated heterocycles. The topological polar surface area (TPSA) is 75.9 Å². The molecule has 4 N–H and O–H groups in total. The van der Waals surface area contributed by atoms with Gasteiger partial charge in [-0.05, 0) is 25.1 Å². The number of aryl methyl sites for hydroxylation is 1. The van der Waals surface area contributed by atoms with Crippen molar-refractivity contribution in [2.75, 3.05) is 10.7 Å². The first-order chi connectivity index (χ1) is 10.1. The van der Waals surface area contributed by atoms with Crippen LogP contribution in [0.5, 0.6) is 0 Å². The lowest BCUT2D eigenvalue weighted by Gasteiger charge is -2.09. The highest BCUT2D eigenvalue weighted by Crippen LogP contribution is 2.32. The van der Waals surface area contributed by atoms with Crippen LogP contribution >= 0.6 is 22.9 Å². The maximum Gasteiger partial charge on any atom is 0.240 e. The summed E-state index contributed by atoms with van der Waals surface area (Å²) in [6, 6.07) is 6.67. The maximum atomic E-state index is 14.0. The molecule has 0 aliphatic rings. The monoisotopic (exact) mass is 323 g/mol. The van der Waals surface area contributed by atoms with Crippen LogP contribution in [-0.4, -0.2) is 9.97 Å². The second-order valence-electron chi connectivity index (χ2n) is 4.34. The van der Waals surface area contributed by atoms with Crippen LogP contribution in [-0.2, 0) is 0 Å². The number of nitrogen functional groups attached to an aromatic ring is 1. The first kappa shape index (κ1) is 14.0. The Morgan fingerprint density at radius 1 is 1.33 bits per heavy atom. The second kappa shape index (κ2) is 5.44. The minimum absolute atomic E-state index is 0.0453. The van der Waals surface area contributed by atoms with Gasteiger partial charge in [-0.3, -0.25) is 5.43 Å². The summed E-state index contributed by atoms with van der Waals surface area (Å²) in [4.78, 5) is 10.3. The number of nitrogens with zero attached hydrogens (tertiary/aromatic N) is 2. The summed E-state index contributed by atoms with van der Waals surface area (Å²) in [5.74, 6) is 5.57. The van der Waals surface area contributed by atoms with E-state index in [2.05, 4.69) is 20.7 Å². The summed E-state index contributed by atoms with van der Waals surface area (Å²) in [5, 5.41) is 3.79. The number of anilines is 3. The quantitative estimate of drug-likeness (QED) is 0.504. The molecule has 0 spiro atoms. The lowest BCUT2D eigenvalue weighted by atomic mass is 10.3. The van der Waals surface area contributed by atoms with Crippen molar-refractivity contribution >= 4 is 50.6 Å². The Morgan fingerprint density at radius 3 is 2.90 bits per heavy atom. The SMILES string of the molecule is Cc1cc2c(Nc3cccc(Cl)c3F)nc(NN)nc2s1. The van der Waals surface area contributed by atoms with E-state index in [0.717, 1.165) is 15.1 Å². The molecular formula is C13H11ClFN5S. The number of nitrogens with one attached hydrogen (secondary N) is 2. The minimum Gasteiger partial charge on any atom is -0.337 e. The number of hydrogen-bond acceptors (Lipinski definition) is 6. The number of nitrogens with two attached hydrogens (primary N) is 1. The average Bonchev–Trinajstić information content (AvgIpc) is 2.84. The molecule has 0 amide bonds. The highest BCUT2D eigenvalue weighted by molar-refractivity contribution is 7.18. The predicted molar refractivity (Wildman–Crippen MR) is 84.7 cm³/mol. The molecular weight excluding hydrogens is 313 g/mol. The minimum atomic E-state index is -0.528. The van der Waals surface area contributed by atoms with E-state index in [1.54, 1.807) is 12.1 Å². The van der Waals surface area contributed by atoms with Crippen LogP contribution in [0.1, 0.15) is 4.88 Å². The smallest absolute Gasteiger partial charge is 0.240 e. The molecule has 0 aliphatic heterocycles. The van der Waals surface area contributed by atoms with Gasteiger partial charge in [0.1, 0.15) is 10.6 Å². The van der Waals surface area contributed by atoms with Crippen molar-refractivity contribution in [2.45, 2.75) is 6.92 Å². The molecule has 0 fully saturated rings. The van der Waals surface area contributed by atoms with Crippen LogP contribution in [0.25, 0.3) is 10.2 Å². The molecule has 21 heavy (non-hydrogen) atoms. The van der Waals surface area contributed by atoms with Crippen LogP contribution in [0.15, 0.2) is 24.3 Å². The van der Waals surface area contributed by atoms with Crippen molar-refractivity contribution in [1.82, 2.24) is 9.97 Å². The third-order valence-electron chi connectivity index (χ3n) is 2.85. The molecule has 1 aromatic carbocycles. The molecule has 0 atom stereocenters. The Kier molecular flexibility index (Phi) is 3.62. The normalized spacial score (nSPS) is 10.9. The van der Waals surface area contributed by atoms with Crippen LogP contribution in [0.2, 0.25) is 5.02 Å². The number of fused-ring (bicyclic) bond motifs is 1. The predicted octanol–water partition coefficient (Wildman–Crippen LogP) is 3.82. The first-order valence-electron chi connectivity index (χ1n) is 6.04. The Balaban J connectivity index is 2.12. The summed E-state index contributed by atoms with van der Waals surface area (Å²) < 4.78 is 14.0. The molecule has 3 rings (SSSR count). The highest BCUT2D eigenvalue weighted by atomic mass is 35.5. The van der Waals surface area contributed by atoms with E-state index in [9.17, 15) is 4.39 Å². The first-order valence-corrected chi connectivity index (χ1v) is 7.24. The average molecular weight is 324 g/mol. The van der Waals surface area contributed by atoms with Crippen molar-refractivity contribution in [1.29, 1.82) is 0 Å². The highest BCUT2D eigenvalue weighted by Gasteiger charge is 2.13. The van der Waals surface area contributed by atoms with Gasteiger partial charge in [0, 0.05) is 4.88 Å². The van der Waals surface area contributed by atoms with E-state index >= 15 is 0 Å². The summed E-state index contributed by atoms with van der Waals surface area (Å²) in [6.07, 6.45) is 0. The Labute approximate surface area is 128 Å². The van der Waals surface area contributed by atoms with Crippen LogP contribution in [0.4, 0.5) is 21.8 Å². The number of aromatic nitrogens is 2. The van der Waals surface area contributed by atoms with Crippen molar-refractivity contribution in [2.24, 2.45) is 5.84 Å². The molecule has 0 radical (unpaired) electrons. The fourth-order valence-electron chi connectivity index (χ4n) is 1.93. The van der Waals surface area contributed by atoms with E-state index < -0.39 is 5.82 Å². The molecule has 0 unspecified atom stereocenters. The van der Waals surface area contributed by atoms with Crippen molar-refractivity contribution in [3.05, 3.63) is 40.0 Å². The second-order valence-corrected chi connectivity index (χ2v) is 5.98. The zero-order valence-corrected chi connectivity index (χ0v) is 12.5. The van der Waals surface area contributed by atoms with E-state index in [0.29, 0.717) is 5.82 Å². The van der Waals surface area contributed by atoms with Crippen molar-refractivity contribution < 1.29 is 4.39 Å². The largest absolute Gasteiger partial charge is 0.337 e. The number of thiophene rings is 1. The van der Waals surface area contributed by atoms with Gasteiger partial charge in [-0.2, -0.15) is 4.98 Å². The molecule has 2 heterocycles. The maximum absolute atomic E-state index is 14.0. The van der Waals surface area contributed by atoms with Gasteiger partial charge in [0.05, 0.1) is 16.1 Å². The number of halogens is 2. The van der Waals surface area contributed by atoms with Gasteiger partial charge in [0.15, 0.2) is 5.82 Å². The summed E-state index contributed by atoms with van der Waals surface area (Å²) in [5.41, 5.74) is 2.65. The standard InChI is InChI=1S/C13H11ClFN5S/c1-6-5-7-11(18-13(20-16)19-12(7)21-6)17-9-4-2-3-8(14)10(9)15/h2-5H,16H2,1H3,(H2,17,18,19,20). The van der Waals surface area contributed by atoms with E-state index in [4.69, 9.17) is 17.4 Å². The zero-order valence-electron chi connectivity index (χ0n) is 10.9. The third kappa shape index (κ3) is 2.63. The Morgan fingerprint density at radius 2 is 2.14 bits per heavy atom. The number of hydrogen-bond donors (Lipinski definition) is 3. The molecule has 5 nitrogen and oxygen atoms in total. The van der Waals surface area contributed by atoms with Gasteiger partial charge in [0.25, 0.3) is 0 Å². The molecule has 3 aromatic rings. The lowest BCUT2D eigenvalue weighted by Crippen LogP contribution is -2.11.